The van der Waals surface area contributed by atoms with Gasteiger partial charge in [0.2, 0.25) is 10.0 Å². The summed E-state index contributed by atoms with van der Waals surface area (Å²) < 4.78 is 35.5. The molecular formula is C25H34N2O4S. The fraction of sp³-hybridized carbons (Fsp3) is 0.560. The lowest BCUT2D eigenvalue weighted by atomic mass is 10.0. The molecule has 174 valence electrons. The predicted octanol–water partition coefficient (Wildman–Crippen LogP) is 4.39. The van der Waals surface area contributed by atoms with Crippen LogP contribution in [-0.4, -0.2) is 43.0 Å². The molecule has 1 saturated carbocycles. The minimum Gasteiger partial charge on any atom is -0.465 e. The highest BCUT2D eigenvalue weighted by Crippen LogP contribution is 2.37. The number of carbonyl (C=O) groups is 1. The van der Waals surface area contributed by atoms with Crippen molar-refractivity contribution in [3.8, 4) is 0 Å². The number of rotatable bonds is 8. The molecule has 0 amide bonds. The molecule has 2 fully saturated rings. The maximum absolute atomic E-state index is 13.3. The minimum atomic E-state index is -3.50. The fourth-order valence-electron chi connectivity index (χ4n) is 5.19. The Hall–Kier alpha value is -2.12. The van der Waals surface area contributed by atoms with E-state index in [2.05, 4.69) is 10.6 Å². The molecule has 32 heavy (non-hydrogen) atoms. The van der Waals surface area contributed by atoms with Crippen LogP contribution in [0.25, 0.3) is 0 Å². The highest BCUT2D eigenvalue weighted by atomic mass is 32.2. The summed E-state index contributed by atoms with van der Waals surface area (Å²) in [5.41, 5.74) is 4.10. The van der Waals surface area contributed by atoms with Crippen molar-refractivity contribution in [2.45, 2.75) is 76.2 Å². The molecule has 0 spiro atoms. The van der Waals surface area contributed by atoms with Crippen molar-refractivity contribution < 1.29 is 17.9 Å². The molecule has 6 nitrogen and oxygen atoms in total. The zero-order valence-electron chi connectivity index (χ0n) is 19.2. The number of benzene rings is 1. The number of nitrogens with zero attached hydrogens (tertiary/aromatic N) is 2. The van der Waals surface area contributed by atoms with Gasteiger partial charge in [0.15, 0.2) is 0 Å². The number of sulfonamides is 1. The van der Waals surface area contributed by atoms with Crippen LogP contribution in [0.5, 0.6) is 0 Å². The molecule has 1 aliphatic carbocycles. The van der Waals surface area contributed by atoms with Crippen molar-refractivity contribution in [3.05, 3.63) is 52.8 Å². The quantitative estimate of drug-likeness (QED) is 0.550. The molecule has 0 atom stereocenters. The van der Waals surface area contributed by atoms with Crippen LogP contribution >= 0.6 is 0 Å². The van der Waals surface area contributed by atoms with Gasteiger partial charge in [0, 0.05) is 30.9 Å². The Morgan fingerprint density at radius 1 is 1.06 bits per heavy atom. The molecular weight excluding hydrogens is 424 g/mol. The Bertz CT molecular complexity index is 1060. The van der Waals surface area contributed by atoms with Crippen LogP contribution in [0.15, 0.2) is 35.2 Å². The van der Waals surface area contributed by atoms with Crippen molar-refractivity contribution in [3.63, 3.8) is 0 Å². The molecule has 1 aliphatic heterocycles. The monoisotopic (exact) mass is 458 g/mol. The lowest BCUT2D eigenvalue weighted by Gasteiger charge is -2.18. The first kappa shape index (κ1) is 23.1. The normalized spacial score (nSPS) is 17.8. The molecule has 2 aliphatic rings. The summed E-state index contributed by atoms with van der Waals surface area (Å²) in [5.74, 6) is 0.217. The topological polar surface area (TPSA) is 68.6 Å². The zero-order chi connectivity index (χ0) is 22.7. The van der Waals surface area contributed by atoms with E-state index < -0.39 is 10.0 Å². The maximum Gasteiger partial charge on any atom is 0.325 e. The summed E-state index contributed by atoms with van der Waals surface area (Å²) in [5, 5.41) is 0. The van der Waals surface area contributed by atoms with Gasteiger partial charge >= 0.3 is 5.97 Å². The standard InChI is InChI=1S/C25H34N2O4S/c1-3-31-25(28)18-27-19(2)22(17-23(27)20-10-4-5-11-20)16-21-12-6-7-13-24(21)32(29,30)26-14-8-9-15-26/h6-7,12-13,17,20H,3-5,8-11,14-16,18H2,1-2H3. The number of hydrogen-bond acceptors (Lipinski definition) is 4. The maximum atomic E-state index is 13.3. The van der Waals surface area contributed by atoms with E-state index in [1.54, 1.807) is 16.4 Å². The van der Waals surface area contributed by atoms with E-state index in [1.165, 1.54) is 18.5 Å². The largest absolute Gasteiger partial charge is 0.465 e. The summed E-state index contributed by atoms with van der Waals surface area (Å²) >= 11 is 0. The van der Waals surface area contributed by atoms with Gasteiger partial charge in [0.25, 0.3) is 0 Å². The van der Waals surface area contributed by atoms with E-state index in [4.69, 9.17) is 4.74 Å². The van der Waals surface area contributed by atoms with Gasteiger partial charge in [-0.05, 0) is 68.7 Å². The second-order valence-corrected chi connectivity index (χ2v) is 10.9. The second kappa shape index (κ2) is 9.79. The first-order valence-corrected chi connectivity index (χ1v) is 13.3. The molecule has 4 rings (SSSR count). The van der Waals surface area contributed by atoms with Gasteiger partial charge in [0.05, 0.1) is 11.5 Å². The predicted molar refractivity (Wildman–Crippen MR) is 124 cm³/mol. The third kappa shape index (κ3) is 4.64. The fourth-order valence-corrected chi connectivity index (χ4v) is 6.93. The molecule has 0 radical (unpaired) electrons. The molecule has 1 aromatic heterocycles. The Morgan fingerprint density at radius 3 is 2.44 bits per heavy atom. The van der Waals surface area contributed by atoms with Gasteiger partial charge in [-0.1, -0.05) is 31.0 Å². The lowest BCUT2D eigenvalue weighted by Crippen LogP contribution is -2.28. The molecule has 1 aromatic carbocycles. The zero-order valence-corrected chi connectivity index (χ0v) is 20.0. The van der Waals surface area contributed by atoms with Crippen molar-refractivity contribution >= 4 is 16.0 Å². The smallest absolute Gasteiger partial charge is 0.325 e. The molecule has 0 N–H and O–H groups in total. The summed E-state index contributed by atoms with van der Waals surface area (Å²) in [6, 6.07) is 9.55. The highest BCUT2D eigenvalue weighted by molar-refractivity contribution is 7.89. The van der Waals surface area contributed by atoms with Crippen molar-refractivity contribution in [1.82, 2.24) is 8.87 Å². The summed E-state index contributed by atoms with van der Waals surface area (Å²) in [6.07, 6.45) is 7.05. The van der Waals surface area contributed by atoms with E-state index in [-0.39, 0.29) is 12.5 Å². The Labute approximate surface area is 191 Å². The first-order chi connectivity index (χ1) is 15.4. The van der Waals surface area contributed by atoms with Crippen LogP contribution in [0.1, 0.15) is 73.9 Å². The molecule has 0 bridgehead atoms. The Balaban J connectivity index is 1.69. The number of hydrogen-bond donors (Lipinski definition) is 0. The van der Waals surface area contributed by atoms with Crippen molar-refractivity contribution in [2.24, 2.45) is 0 Å². The van der Waals surface area contributed by atoms with Gasteiger partial charge in [-0.25, -0.2) is 8.42 Å². The SMILES string of the molecule is CCOC(=O)Cn1c(C2CCCC2)cc(Cc2ccccc2S(=O)(=O)N2CCCC2)c1C. The molecule has 1 saturated heterocycles. The van der Waals surface area contributed by atoms with Gasteiger partial charge in [0.1, 0.15) is 6.54 Å². The van der Waals surface area contributed by atoms with Crippen LogP contribution in [0.4, 0.5) is 0 Å². The summed E-state index contributed by atoms with van der Waals surface area (Å²) in [6.45, 7) is 5.62. The molecule has 0 unspecified atom stereocenters. The van der Waals surface area contributed by atoms with Crippen LogP contribution in [-0.2, 0) is 32.5 Å². The van der Waals surface area contributed by atoms with E-state index in [0.717, 1.165) is 42.5 Å². The summed E-state index contributed by atoms with van der Waals surface area (Å²) in [7, 11) is -3.50. The third-order valence-electron chi connectivity index (χ3n) is 6.91. The van der Waals surface area contributed by atoms with E-state index >= 15 is 0 Å². The number of esters is 1. The molecule has 2 aromatic rings. The molecule has 2 heterocycles. The van der Waals surface area contributed by atoms with Crippen LogP contribution in [0, 0.1) is 6.92 Å². The Morgan fingerprint density at radius 2 is 1.75 bits per heavy atom. The van der Waals surface area contributed by atoms with E-state index in [0.29, 0.717) is 36.9 Å². The molecule has 7 heteroatoms. The number of ether oxygens (including phenoxy) is 1. The van der Waals surface area contributed by atoms with Crippen LogP contribution in [0.2, 0.25) is 0 Å². The van der Waals surface area contributed by atoms with Crippen molar-refractivity contribution in [2.75, 3.05) is 19.7 Å². The van der Waals surface area contributed by atoms with E-state index in [9.17, 15) is 13.2 Å². The second-order valence-electron chi connectivity index (χ2n) is 8.95. The van der Waals surface area contributed by atoms with Crippen LogP contribution in [0.3, 0.4) is 0 Å². The Kier molecular flexibility index (Phi) is 7.05. The highest BCUT2D eigenvalue weighted by Gasteiger charge is 2.30. The van der Waals surface area contributed by atoms with Crippen molar-refractivity contribution in [1.29, 1.82) is 0 Å². The van der Waals surface area contributed by atoms with Gasteiger partial charge in [-0.3, -0.25) is 4.79 Å². The lowest BCUT2D eigenvalue weighted by molar-refractivity contribution is -0.143. The van der Waals surface area contributed by atoms with Gasteiger partial charge in [-0.2, -0.15) is 4.31 Å². The van der Waals surface area contributed by atoms with E-state index in [1.807, 2.05) is 26.0 Å². The average Bonchev–Trinajstić information content (AvgIpc) is 3.53. The van der Waals surface area contributed by atoms with Gasteiger partial charge < -0.3 is 9.30 Å². The first-order valence-electron chi connectivity index (χ1n) is 11.8. The number of aromatic nitrogens is 1. The summed E-state index contributed by atoms with van der Waals surface area (Å²) in [4.78, 5) is 12.7. The third-order valence-corrected chi connectivity index (χ3v) is 8.90. The van der Waals surface area contributed by atoms with Gasteiger partial charge in [-0.15, -0.1) is 0 Å². The van der Waals surface area contributed by atoms with Crippen LogP contribution < -0.4 is 0 Å². The minimum absolute atomic E-state index is 0.208. The number of carbonyl (C=O) groups excluding carboxylic acids is 1. The average molecular weight is 459 g/mol.